The zero-order valence-corrected chi connectivity index (χ0v) is 15.7. The number of carbonyl (C=O) groups is 2. The molecule has 2 aliphatic rings. The Balaban J connectivity index is 1.46. The van der Waals surface area contributed by atoms with Crippen LogP contribution in [0.1, 0.15) is 31.2 Å². The molecule has 0 bridgehead atoms. The summed E-state index contributed by atoms with van der Waals surface area (Å²) in [5.41, 5.74) is -1.45. The Morgan fingerprint density at radius 3 is 2.31 bits per heavy atom. The van der Waals surface area contributed by atoms with Crippen LogP contribution in [0.15, 0.2) is 18.2 Å². The molecule has 0 saturated carbocycles. The van der Waals surface area contributed by atoms with Gasteiger partial charge in [0.25, 0.3) is 0 Å². The number of benzene rings is 1. The van der Waals surface area contributed by atoms with Gasteiger partial charge in [0, 0.05) is 44.0 Å². The Bertz CT molecular complexity index is 743. The Hall–Kier alpha value is -2.36. The molecule has 160 valence electrons. The van der Waals surface area contributed by atoms with Gasteiger partial charge in [0.1, 0.15) is 5.82 Å². The van der Waals surface area contributed by atoms with Gasteiger partial charge in [-0.3, -0.25) is 4.79 Å². The van der Waals surface area contributed by atoms with Crippen LogP contribution >= 0.6 is 0 Å². The summed E-state index contributed by atoms with van der Waals surface area (Å²) in [6.45, 7) is 2.24. The van der Waals surface area contributed by atoms with Crippen LogP contribution in [0.3, 0.4) is 0 Å². The first-order chi connectivity index (χ1) is 13.7. The van der Waals surface area contributed by atoms with Crippen molar-refractivity contribution in [3.8, 4) is 0 Å². The lowest BCUT2D eigenvalue weighted by Crippen LogP contribution is -2.49. The van der Waals surface area contributed by atoms with Crippen LogP contribution in [0, 0.1) is 11.7 Å². The summed E-state index contributed by atoms with van der Waals surface area (Å²) in [5.74, 6) is -1.34. The molecular formula is C19H23F4N3O3. The van der Waals surface area contributed by atoms with Gasteiger partial charge in [0.2, 0.25) is 5.91 Å². The number of nitrogens with one attached hydrogen (secondary N) is 2. The summed E-state index contributed by atoms with van der Waals surface area (Å²) in [4.78, 5) is 26.4. The van der Waals surface area contributed by atoms with Crippen LogP contribution in [0.5, 0.6) is 0 Å². The molecule has 6 nitrogen and oxygen atoms in total. The van der Waals surface area contributed by atoms with E-state index in [0.717, 1.165) is 18.9 Å². The maximum atomic E-state index is 13.6. The molecule has 0 unspecified atom stereocenters. The van der Waals surface area contributed by atoms with E-state index in [9.17, 15) is 27.2 Å². The van der Waals surface area contributed by atoms with E-state index >= 15 is 0 Å². The van der Waals surface area contributed by atoms with Crippen molar-refractivity contribution in [2.75, 3.05) is 31.6 Å². The minimum Gasteiger partial charge on any atom is -0.381 e. The highest BCUT2D eigenvalue weighted by atomic mass is 19.4. The molecule has 2 saturated heterocycles. The highest BCUT2D eigenvalue weighted by molar-refractivity contribution is 5.89. The second-order valence-electron chi connectivity index (χ2n) is 7.28. The van der Waals surface area contributed by atoms with Gasteiger partial charge in [-0.2, -0.15) is 13.2 Å². The lowest BCUT2D eigenvalue weighted by molar-refractivity contribution is -0.140. The Morgan fingerprint density at radius 1 is 1.07 bits per heavy atom. The molecule has 2 N–H and O–H groups in total. The van der Waals surface area contributed by atoms with Crippen LogP contribution in [-0.2, 0) is 15.7 Å². The maximum absolute atomic E-state index is 13.6. The topological polar surface area (TPSA) is 70.7 Å². The number of hydrogen-bond donors (Lipinski definition) is 2. The Labute approximate surface area is 165 Å². The fraction of sp³-hybridized carbons (Fsp3) is 0.579. The largest absolute Gasteiger partial charge is 0.419 e. The van der Waals surface area contributed by atoms with Gasteiger partial charge in [-0.1, -0.05) is 0 Å². The zero-order chi connectivity index (χ0) is 21.0. The minimum atomic E-state index is -4.79. The number of urea groups is 1. The number of nitrogens with zero attached hydrogens (tertiary/aromatic N) is 1. The van der Waals surface area contributed by atoms with Gasteiger partial charge in [-0.25, -0.2) is 9.18 Å². The van der Waals surface area contributed by atoms with Gasteiger partial charge in [0.05, 0.1) is 5.56 Å². The quantitative estimate of drug-likeness (QED) is 0.741. The van der Waals surface area contributed by atoms with Crippen molar-refractivity contribution in [2.24, 2.45) is 5.92 Å². The molecule has 0 atom stereocenters. The first kappa shape index (κ1) is 21.4. The molecule has 10 heteroatoms. The third-order valence-corrected chi connectivity index (χ3v) is 5.24. The molecule has 3 amide bonds. The summed E-state index contributed by atoms with van der Waals surface area (Å²) in [5, 5.41) is 5.06. The molecule has 0 aliphatic carbocycles. The van der Waals surface area contributed by atoms with Gasteiger partial charge < -0.3 is 20.3 Å². The van der Waals surface area contributed by atoms with E-state index in [1.165, 1.54) is 0 Å². The molecule has 2 fully saturated rings. The van der Waals surface area contributed by atoms with Gasteiger partial charge in [-0.15, -0.1) is 0 Å². The number of ether oxygens (including phenoxy) is 1. The third-order valence-electron chi connectivity index (χ3n) is 5.24. The number of piperidine rings is 1. The fourth-order valence-corrected chi connectivity index (χ4v) is 3.62. The van der Waals surface area contributed by atoms with Crippen molar-refractivity contribution in [2.45, 2.75) is 37.9 Å². The van der Waals surface area contributed by atoms with E-state index < -0.39 is 23.6 Å². The molecule has 1 aromatic rings. The monoisotopic (exact) mass is 417 g/mol. The number of hydrogen-bond acceptors (Lipinski definition) is 3. The average molecular weight is 417 g/mol. The number of amides is 3. The highest BCUT2D eigenvalue weighted by Crippen LogP contribution is 2.32. The molecule has 0 aromatic heterocycles. The molecule has 1 aromatic carbocycles. The normalized spacial score (nSPS) is 19.1. The average Bonchev–Trinajstić information content (AvgIpc) is 2.67. The SMILES string of the molecule is O=C(Nc1ccc(C(F)(F)F)c(F)c1)NC1CCN(C(=O)C2CCOCC2)CC1. The summed E-state index contributed by atoms with van der Waals surface area (Å²) >= 11 is 0. The Kier molecular flexibility index (Phi) is 6.61. The fourth-order valence-electron chi connectivity index (χ4n) is 3.62. The summed E-state index contributed by atoms with van der Waals surface area (Å²) in [7, 11) is 0. The second kappa shape index (κ2) is 8.98. The predicted octanol–water partition coefficient (Wildman–Crippen LogP) is 3.38. The van der Waals surface area contributed by atoms with E-state index in [4.69, 9.17) is 4.74 Å². The lowest BCUT2D eigenvalue weighted by Gasteiger charge is -2.35. The number of anilines is 1. The number of halogens is 4. The number of rotatable bonds is 3. The molecule has 0 radical (unpaired) electrons. The van der Waals surface area contributed by atoms with Crippen LogP contribution in [0.4, 0.5) is 28.0 Å². The van der Waals surface area contributed by atoms with E-state index in [-0.39, 0.29) is 23.6 Å². The van der Waals surface area contributed by atoms with Crippen molar-refractivity contribution >= 4 is 17.6 Å². The summed E-state index contributed by atoms with van der Waals surface area (Å²) in [6.07, 6.45) is -2.19. The molecule has 0 spiro atoms. The highest BCUT2D eigenvalue weighted by Gasteiger charge is 2.34. The molecule has 2 heterocycles. The number of likely N-dealkylation sites (tertiary alicyclic amines) is 1. The van der Waals surface area contributed by atoms with Crippen LogP contribution in [0.25, 0.3) is 0 Å². The Morgan fingerprint density at radius 2 is 1.72 bits per heavy atom. The van der Waals surface area contributed by atoms with Crippen molar-refractivity contribution in [3.63, 3.8) is 0 Å². The van der Waals surface area contributed by atoms with Crippen molar-refractivity contribution in [3.05, 3.63) is 29.6 Å². The number of alkyl halides is 3. The van der Waals surface area contributed by atoms with Crippen LogP contribution < -0.4 is 10.6 Å². The molecular weight excluding hydrogens is 394 g/mol. The standard InChI is InChI=1S/C19H23F4N3O3/c20-16-11-14(1-2-15(16)19(21,22)23)25-18(28)24-13-3-7-26(8-4-13)17(27)12-5-9-29-10-6-12/h1-2,11-13H,3-10H2,(H2,24,25,28). The predicted molar refractivity (Wildman–Crippen MR) is 96.7 cm³/mol. The van der Waals surface area contributed by atoms with E-state index in [1.54, 1.807) is 4.90 Å². The molecule has 29 heavy (non-hydrogen) atoms. The summed E-state index contributed by atoms with van der Waals surface area (Å²) in [6, 6.07) is 1.43. The molecule has 2 aliphatic heterocycles. The first-order valence-electron chi connectivity index (χ1n) is 9.55. The zero-order valence-electron chi connectivity index (χ0n) is 15.7. The minimum absolute atomic E-state index is 0.00822. The van der Waals surface area contributed by atoms with Gasteiger partial charge >= 0.3 is 12.2 Å². The smallest absolute Gasteiger partial charge is 0.381 e. The van der Waals surface area contributed by atoms with E-state index in [1.807, 2.05) is 0 Å². The van der Waals surface area contributed by atoms with E-state index in [0.29, 0.717) is 51.3 Å². The second-order valence-corrected chi connectivity index (χ2v) is 7.28. The van der Waals surface area contributed by atoms with Crippen LogP contribution in [-0.4, -0.2) is 49.2 Å². The third kappa shape index (κ3) is 5.59. The van der Waals surface area contributed by atoms with Gasteiger partial charge in [-0.05, 0) is 43.9 Å². The maximum Gasteiger partial charge on any atom is 0.419 e. The first-order valence-corrected chi connectivity index (χ1v) is 9.55. The molecule has 3 rings (SSSR count). The van der Waals surface area contributed by atoms with Gasteiger partial charge in [0.15, 0.2) is 0 Å². The van der Waals surface area contributed by atoms with Crippen molar-refractivity contribution in [1.29, 1.82) is 0 Å². The number of carbonyl (C=O) groups excluding carboxylic acids is 2. The van der Waals surface area contributed by atoms with Crippen LogP contribution in [0.2, 0.25) is 0 Å². The summed E-state index contributed by atoms with van der Waals surface area (Å²) < 4.78 is 56.6. The van der Waals surface area contributed by atoms with E-state index in [2.05, 4.69) is 10.6 Å². The lowest BCUT2D eigenvalue weighted by atomic mass is 9.96. The van der Waals surface area contributed by atoms with Crippen molar-refractivity contribution in [1.82, 2.24) is 10.2 Å². The van der Waals surface area contributed by atoms with Crippen molar-refractivity contribution < 1.29 is 31.9 Å².